The van der Waals surface area contributed by atoms with Gasteiger partial charge < -0.3 is 19.9 Å². The van der Waals surface area contributed by atoms with Crippen LogP contribution < -0.4 is 15.0 Å². The summed E-state index contributed by atoms with van der Waals surface area (Å²) < 4.78 is 5.89. The van der Waals surface area contributed by atoms with Crippen molar-refractivity contribution in [3.8, 4) is 17.1 Å². The summed E-state index contributed by atoms with van der Waals surface area (Å²) >= 11 is 0. The molecule has 4 aromatic rings. The number of H-pyrrole nitrogens is 1. The van der Waals surface area contributed by atoms with E-state index in [9.17, 15) is 0 Å². The second-order valence-corrected chi connectivity index (χ2v) is 7.01. The van der Waals surface area contributed by atoms with Crippen LogP contribution in [0.15, 0.2) is 60.9 Å². The zero-order valence-corrected chi connectivity index (χ0v) is 16.0. The molecule has 2 N–H and O–H groups in total. The minimum absolute atomic E-state index is 0.546. The Labute approximate surface area is 168 Å². The van der Waals surface area contributed by atoms with Gasteiger partial charge in [-0.05, 0) is 29.8 Å². The van der Waals surface area contributed by atoms with Crippen molar-refractivity contribution in [2.24, 2.45) is 0 Å². The minimum atomic E-state index is 0.546. The highest BCUT2D eigenvalue weighted by atomic mass is 16.5. The van der Waals surface area contributed by atoms with Crippen LogP contribution in [0.3, 0.4) is 0 Å². The zero-order chi connectivity index (χ0) is 19.5. The van der Waals surface area contributed by atoms with Crippen LogP contribution in [0.2, 0.25) is 0 Å². The van der Waals surface area contributed by atoms with Crippen LogP contribution in [-0.2, 0) is 6.61 Å². The van der Waals surface area contributed by atoms with Gasteiger partial charge in [-0.25, -0.2) is 15.0 Å². The highest BCUT2D eigenvalue weighted by molar-refractivity contribution is 5.85. The number of aromatic nitrogens is 4. The summed E-state index contributed by atoms with van der Waals surface area (Å²) in [6.45, 7) is 4.25. The van der Waals surface area contributed by atoms with Crippen molar-refractivity contribution >= 4 is 17.0 Å². The summed E-state index contributed by atoms with van der Waals surface area (Å²) in [7, 11) is 0. The molecule has 7 heteroatoms. The molecule has 0 spiro atoms. The highest BCUT2D eigenvalue weighted by Gasteiger charge is 2.19. The number of rotatable bonds is 5. The lowest BCUT2D eigenvalue weighted by atomic mass is 10.2. The first-order valence-corrected chi connectivity index (χ1v) is 9.81. The largest absolute Gasteiger partial charge is 0.489 e. The Balaban J connectivity index is 1.40. The molecule has 0 aliphatic carbocycles. The normalized spacial score (nSPS) is 14.3. The van der Waals surface area contributed by atoms with Gasteiger partial charge >= 0.3 is 0 Å². The fourth-order valence-electron chi connectivity index (χ4n) is 3.49. The van der Waals surface area contributed by atoms with Crippen molar-refractivity contribution in [2.75, 3.05) is 31.1 Å². The Morgan fingerprint density at radius 2 is 1.72 bits per heavy atom. The Morgan fingerprint density at radius 1 is 0.931 bits per heavy atom. The van der Waals surface area contributed by atoms with Crippen LogP contribution in [-0.4, -0.2) is 46.1 Å². The predicted octanol–water partition coefficient (Wildman–Crippen LogP) is 3.01. The summed E-state index contributed by atoms with van der Waals surface area (Å²) in [5.41, 5.74) is 3.67. The standard InChI is InChI=1S/C22H22N6O/c1-2-4-16(5-3-1)14-29-18-8-6-17(7-9-18)20-26-21-19(24-15-25-21)22(27-20)28-12-10-23-11-13-28/h1-9,15,23H,10-14H2,(H,24,25,26,27). The first-order valence-electron chi connectivity index (χ1n) is 9.81. The molecule has 1 saturated heterocycles. The third kappa shape index (κ3) is 3.77. The van der Waals surface area contributed by atoms with Crippen molar-refractivity contribution in [1.82, 2.24) is 25.3 Å². The molecule has 0 amide bonds. The Kier molecular flexibility index (Phi) is 4.80. The van der Waals surface area contributed by atoms with E-state index in [0.29, 0.717) is 12.4 Å². The summed E-state index contributed by atoms with van der Waals surface area (Å²) in [6, 6.07) is 18.1. The van der Waals surface area contributed by atoms with Crippen molar-refractivity contribution in [3.63, 3.8) is 0 Å². The van der Waals surface area contributed by atoms with Crippen molar-refractivity contribution < 1.29 is 4.74 Å². The van der Waals surface area contributed by atoms with E-state index in [1.54, 1.807) is 6.33 Å². The van der Waals surface area contributed by atoms with Crippen molar-refractivity contribution in [3.05, 3.63) is 66.5 Å². The molecule has 2 aromatic heterocycles. The van der Waals surface area contributed by atoms with Gasteiger partial charge in [0.15, 0.2) is 17.3 Å². The van der Waals surface area contributed by atoms with E-state index >= 15 is 0 Å². The molecule has 0 bridgehead atoms. The van der Waals surface area contributed by atoms with E-state index in [1.807, 2.05) is 42.5 Å². The number of hydrogen-bond donors (Lipinski definition) is 2. The number of fused-ring (bicyclic) bond motifs is 1. The van der Waals surface area contributed by atoms with Gasteiger partial charge in [-0.15, -0.1) is 0 Å². The number of nitrogens with zero attached hydrogens (tertiary/aromatic N) is 4. The molecule has 2 aromatic carbocycles. The molecule has 1 aliphatic heterocycles. The van der Waals surface area contributed by atoms with Crippen LogP contribution in [0.1, 0.15) is 5.56 Å². The van der Waals surface area contributed by atoms with Crippen molar-refractivity contribution in [2.45, 2.75) is 6.61 Å². The van der Waals surface area contributed by atoms with Gasteiger partial charge in [0.2, 0.25) is 0 Å². The van der Waals surface area contributed by atoms with Crippen LogP contribution >= 0.6 is 0 Å². The van der Waals surface area contributed by atoms with Crippen LogP contribution in [0.5, 0.6) is 5.75 Å². The summed E-state index contributed by atoms with van der Waals surface area (Å²) in [4.78, 5) is 19.4. The monoisotopic (exact) mass is 386 g/mol. The first kappa shape index (κ1) is 17.6. The molecule has 0 unspecified atom stereocenters. The molecule has 7 nitrogen and oxygen atoms in total. The molecular weight excluding hydrogens is 364 g/mol. The van der Waals surface area contributed by atoms with Gasteiger partial charge in [0.05, 0.1) is 6.33 Å². The summed E-state index contributed by atoms with van der Waals surface area (Å²) in [5, 5.41) is 3.38. The second kappa shape index (κ2) is 7.89. The van der Waals surface area contributed by atoms with Gasteiger partial charge in [-0.1, -0.05) is 30.3 Å². The maximum Gasteiger partial charge on any atom is 0.164 e. The maximum absolute atomic E-state index is 5.89. The van der Waals surface area contributed by atoms with Gasteiger partial charge in [0.25, 0.3) is 0 Å². The molecule has 1 fully saturated rings. The second-order valence-electron chi connectivity index (χ2n) is 7.01. The van der Waals surface area contributed by atoms with E-state index in [-0.39, 0.29) is 0 Å². The Bertz CT molecular complexity index is 1090. The zero-order valence-electron chi connectivity index (χ0n) is 16.0. The lowest BCUT2D eigenvalue weighted by Crippen LogP contribution is -2.44. The van der Waals surface area contributed by atoms with Gasteiger partial charge in [0, 0.05) is 31.7 Å². The molecule has 3 heterocycles. The predicted molar refractivity (Wildman–Crippen MR) is 113 cm³/mol. The number of imidazole rings is 1. The van der Waals surface area contributed by atoms with Crippen LogP contribution in [0.25, 0.3) is 22.6 Å². The SMILES string of the molecule is c1ccc(COc2ccc(-c3nc(N4CCNCC4)c4nc[nH]c4n3)cc2)cc1. The van der Waals surface area contributed by atoms with E-state index in [4.69, 9.17) is 9.72 Å². The third-order valence-electron chi connectivity index (χ3n) is 5.04. The van der Waals surface area contributed by atoms with Crippen LogP contribution in [0, 0.1) is 0 Å². The maximum atomic E-state index is 5.89. The first-order chi connectivity index (χ1) is 14.4. The molecule has 5 rings (SSSR count). The molecule has 0 saturated carbocycles. The Morgan fingerprint density at radius 3 is 2.52 bits per heavy atom. The summed E-state index contributed by atoms with van der Waals surface area (Å²) in [6.07, 6.45) is 1.68. The number of piperazine rings is 1. The number of nitrogens with one attached hydrogen (secondary N) is 2. The van der Waals surface area contributed by atoms with E-state index in [1.165, 1.54) is 0 Å². The topological polar surface area (TPSA) is 79.0 Å². The molecule has 29 heavy (non-hydrogen) atoms. The Hall–Kier alpha value is -3.45. The molecule has 0 radical (unpaired) electrons. The number of hydrogen-bond acceptors (Lipinski definition) is 6. The lowest BCUT2D eigenvalue weighted by Gasteiger charge is -2.28. The van der Waals surface area contributed by atoms with Gasteiger partial charge in [-0.3, -0.25) is 0 Å². The quantitative estimate of drug-likeness (QED) is 0.549. The molecule has 1 aliphatic rings. The van der Waals surface area contributed by atoms with E-state index in [0.717, 1.165) is 60.0 Å². The molecule has 0 atom stereocenters. The summed E-state index contributed by atoms with van der Waals surface area (Å²) in [5.74, 6) is 2.39. The van der Waals surface area contributed by atoms with E-state index in [2.05, 4.69) is 37.3 Å². The van der Waals surface area contributed by atoms with Gasteiger partial charge in [-0.2, -0.15) is 0 Å². The van der Waals surface area contributed by atoms with Crippen molar-refractivity contribution in [1.29, 1.82) is 0 Å². The van der Waals surface area contributed by atoms with Gasteiger partial charge in [0.1, 0.15) is 17.9 Å². The van der Waals surface area contributed by atoms with Crippen LogP contribution in [0.4, 0.5) is 5.82 Å². The minimum Gasteiger partial charge on any atom is -0.489 e. The fraction of sp³-hybridized carbons (Fsp3) is 0.227. The third-order valence-corrected chi connectivity index (χ3v) is 5.04. The number of anilines is 1. The number of ether oxygens (including phenoxy) is 1. The van der Waals surface area contributed by atoms with E-state index < -0.39 is 0 Å². The smallest absolute Gasteiger partial charge is 0.164 e. The highest BCUT2D eigenvalue weighted by Crippen LogP contribution is 2.27. The number of benzene rings is 2. The average molecular weight is 386 g/mol. The molecular formula is C22H22N6O. The average Bonchev–Trinajstić information content (AvgIpc) is 3.27. The lowest BCUT2D eigenvalue weighted by molar-refractivity contribution is 0.306. The molecule has 146 valence electrons. The fourth-order valence-corrected chi connectivity index (χ4v) is 3.49. The number of aromatic amines is 1.